The van der Waals surface area contributed by atoms with E-state index in [0.717, 1.165) is 6.20 Å². The average molecular weight is 251 g/mol. The maximum absolute atomic E-state index is 13.2. The highest BCUT2D eigenvalue weighted by atomic mass is 19.1. The molecule has 94 valence electrons. The number of para-hydroxylation sites is 1. The van der Waals surface area contributed by atoms with Gasteiger partial charge in [-0.25, -0.2) is 4.39 Å². The molecule has 0 saturated carbocycles. The zero-order valence-electron chi connectivity index (χ0n) is 9.32. The van der Waals surface area contributed by atoms with Gasteiger partial charge in [-0.2, -0.15) is 5.10 Å². The van der Waals surface area contributed by atoms with E-state index in [1.807, 2.05) is 0 Å². The summed E-state index contributed by atoms with van der Waals surface area (Å²) < 4.78 is 19.8. The third-order valence-corrected chi connectivity index (χ3v) is 2.25. The highest BCUT2D eigenvalue weighted by Gasteiger charge is 2.08. The molecule has 6 nitrogen and oxygen atoms in total. The summed E-state index contributed by atoms with van der Waals surface area (Å²) in [4.78, 5) is 9.90. The van der Waals surface area contributed by atoms with Crippen LogP contribution in [0, 0.1) is 15.9 Å². The van der Waals surface area contributed by atoms with E-state index < -0.39 is 10.7 Å². The lowest BCUT2D eigenvalue weighted by Gasteiger charge is -2.06. The molecule has 1 aromatic heterocycles. The topological polar surface area (TPSA) is 70.2 Å². The SMILES string of the molecule is O=[N+]([O-])c1cnn(CCOc2ccccc2F)c1. The Kier molecular flexibility index (Phi) is 3.52. The van der Waals surface area contributed by atoms with Gasteiger partial charge in [-0.05, 0) is 12.1 Å². The standard InChI is InChI=1S/C11H10FN3O3/c12-10-3-1-2-4-11(10)18-6-5-14-8-9(7-13-14)15(16)17/h1-4,7-8H,5-6H2. The van der Waals surface area contributed by atoms with Crippen LogP contribution in [0.2, 0.25) is 0 Å². The van der Waals surface area contributed by atoms with E-state index >= 15 is 0 Å². The molecule has 0 spiro atoms. The molecular weight excluding hydrogens is 241 g/mol. The van der Waals surface area contributed by atoms with Gasteiger partial charge in [0.15, 0.2) is 11.6 Å². The molecule has 18 heavy (non-hydrogen) atoms. The van der Waals surface area contributed by atoms with Crippen LogP contribution in [-0.4, -0.2) is 21.3 Å². The number of aromatic nitrogens is 2. The number of nitrogens with zero attached hydrogens (tertiary/aromatic N) is 3. The first kappa shape index (κ1) is 12.0. The molecular formula is C11H10FN3O3. The highest BCUT2D eigenvalue weighted by Crippen LogP contribution is 2.15. The Labute approximate surface area is 102 Å². The Hall–Kier alpha value is -2.44. The third-order valence-electron chi connectivity index (χ3n) is 2.25. The smallest absolute Gasteiger partial charge is 0.306 e. The first-order valence-electron chi connectivity index (χ1n) is 5.21. The number of benzene rings is 1. The lowest BCUT2D eigenvalue weighted by Crippen LogP contribution is -2.09. The lowest BCUT2D eigenvalue weighted by molar-refractivity contribution is -0.385. The first-order valence-corrected chi connectivity index (χ1v) is 5.21. The fourth-order valence-electron chi connectivity index (χ4n) is 1.38. The second kappa shape index (κ2) is 5.26. The van der Waals surface area contributed by atoms with Crippen LogP contribution >= 0.6 is 0 Å². The van der Waals surface area contributed by atoms with Gasteiger partial charge in [-0.3, -0.25) is 14.8 Å². The van der Waals surface area contributed by atoms with Crippen molar-refractivity contribution in [3.8, 4) is 5.75 Å². The molecule has 0 amide bonds. The largest absolute Gasteiger partial charge is 0.489 e. The van der Waals surface area contributed by atoms with Crippen molar-refractivity contribution < 1.29 is 14.1 Å². The number of halogens is 1. The van der Waals surface area contributed by atoms with E-state index in [-0.39, 0.29) is 18.0 Å². The van der Waals surface area contributed by atoms with E-state index in [9.17, 15) is 14.5 Å². The van der Waals surface area contributed by atoms with Gasteiger partial charge < -0.3 is 4.74 Å². The van der Waals surface area contributed by atoms with Gasteiger partial charge in [-0.1, -0.05) is 12.1 Å². The maximum atomic E-state index is 13.2. The van der Waals surface area contributed by atoms with E-state index in [2.05, 4.69) is 5.10 Å². The minimum Gasteiger partial charge on any atom is -0.489 e. The number of ether oxygens (including phenoxy) is 1. The van der Waals surface area contributed by atoms with Crippen LogP contribution in [0.15, 0.2) is 36.7 Å². The minimum atomic E-state index is -0.527. The van der Waals surface area contributed by atoms with Gasteiger partial charge in [0.05, 0.1) is 11.5 Å². The molecule has 1 heterocycles. The Morgan fingerprint density at radius 2 is 2.22 bits per heavy atom. The number of hydrogen-bond donors (Lipinski definition) is 0. The zero-order chi connectivity index (χ0) is 13.0. The van der Waals surface area contributed by atoms with Crippen LogP contribution in [0.4, 0.5) is 10.1 Å². The molecule has 1 aromatic carbocycles. The third kappa shape index (κ3) is 2.82. The van der Waals surface area contributed by atoms with Gasteiger partial charge in [0.2, 0.25) is 0 Å². The van der Waals surface area contributed by atoms with Crippen molar-refractivity contribution in [2.75, 3.05) is 6.61 Å². The number of rotatable bonds is 5. The van der Waals surface area contributed by atoms with Crippen molar-refractivity contribution in [2.24, 2.45) is 0 Å². The van der Waals surface area contributed by atoms with E-state index in [0.29, 0.717) is 6.54 Å². The van der Waals surface area contributed by atoms with E-state index in [1.165, 1.54) is 23.0 Å². The monoisotopic (exact) mass is 251 g/mol. The Morgan fingerprint density at radius 3 is 2.89 bits per heavy atom. The van der Waals surface area contributed by atoms with Gasteiger partial charge in [0, 0.05) is 0 Å². The molecule has 0 bridgehead atoms. The van der Waals surface area contributed by atoms with Gasteiger partial charge in [-0.15, -0.1) is 0 Å². The second-order valence-corrected chi connectivity index (χ2v) is 3.50. The molecule has 0 saturated heterocycles. The van der Waals surface area contributed by atoms with Crippen molar-refractivity contribution in [1.29, 1.82) is 0 Å². The van der Waals surface area contributed by atoms with Crippen molar-refractivity contribution in [3.63, 3.8) is 0 Å². The molecule has 0 atom stereocenters. The Morgan fingerprint density at radius 1 is 1.44 bits per heavy atom. The van der Waals surface area contributed by atoms with Crippen LogP contribution in [0.5, 0.6) is 5.75 Å². The second-order valence-electron chi connectivity index (χ2n) is 3.50. The molecule has 0 fully saturated rings. The summed E-state index contributed by atoms with van der Waals surface area (Å²) >= 11 is 0. The Bertz CT molecular complexity index is 556. The summed E-state index contributed by atoms with van der Waals surface area (Å²) in [7, 11) is 0. The van der Waals surface area contributed by atoms with E-state index in [4.69, 9.17) is 4.74 Å². The molecule has 0 unspecified atom stereocenters. The van der Waals surface area contributed by atoms with Gasteiger partial charge >= 0.3 is 5.69 Å². The molecule has 7 heteroatoms. The maximum Gasteiger partial charge on any atom is 0.306 e. The fraction of sp³-hybridized carbons (Fsp3) is 0.182. The molecule has 0 aliphatic carbocycles. The summed E-state index contributed by atoms with van der Waals surface area (Å²) in [6.07, 6.45) is 2.45. The van der Waals surface area contributed by atoms with Crippen LogP contribution in [-0.2, 0) is 6.54 Å². The molecule has 2 rings (SSSR count). The number of hydrogen-bond acceptors (Lipinski definition) is 4. The van der Waals surface area contributed by atoms with Crippen molar-refractivity contribution in [1.82, 2.24) is 9.78 Å². The first-order chi connectivity index (χ1) is 8.66. The molecule has 0 aliphatic heterocycles. The quantitative estimate of drug-likeness (QED) is 0.602. The van der Waals surface area contributed by atoms with Crippen molar-refractivity contribution >= 4 is 5.69 Å². The lowest BCUT2D eigenvalue weighted by atomic mass is 10.3. The predicted molar refractivity (Wildman–Crippen MR) is 60.8 cm³/mol. The van der Waals surface area contributed by atoms with E-state index in [1.54, 1.807) is 12.1 Å². The number of nitro groups is 1. The zero-order valence-corrected chi connectivity index (χ0v) is 9.32. The predicted octanol–water partition coefficient (Wildman–Crippen LogP) is 2.01. The van der Waals surface area contributed by atoms with Gasteiger partial charge in [0.25, 0.3) is 0 Å². The summed E-state index contributed by atoms with van der Waals surface area (Å²) in [5.41, 5.74) is -0.0825. The molecule has 0 N–H and O–H groups in total. The van der Waals surface area contributed by atoms with Crippen LogP contribution in [0.3, 0.4) is 0 Å². The van der Waals surface area contributed by atoms with Gasteiger partial charge in [0.1, 0.15) is 19.0 Å². The highest BCUT2D eigenvalue weighted by molar-refractivity contribution is 5.23. The van der Waals surface area contributed by atoms with Crippen LogP contribution in [0.1, 0.15) is 0 Å². The summed E-state index contributed by atoms with van der Waals surface area (Å²) in [5, 5.41) is 14.2. The van der Waals surface area contributed by atoms with Crippen molar-refractivity contribution in [2.45, 2.75) is 6.54 Å². The summed E-state index contributed by atoms with van der Waals surface area (Å²) in [5.74, 6) is -0.289. The fourth-order valence-corrected chi connectivity index (χ4v) is 1.38. The minimum absolute atomic E-state index is 0.0825. The summed E-state index contributed by atoms with van der Waals surface area (Å²) in [6, 6.07) is 6.05. The summed E-state index contributed by atoms with van der Waals surface area (Å²) in [6.45, 7) is 0.488. The normalized spacial score (nSPS) is 10.3. The molecule has 0 aliphatic rings. The van der Waals surface area contributed by atoms with Crippen LogP contribution < -0.4 is 4.74 Å². The average Bonchev–Trinajstić information content (AvgIpc) is 2.80. The molecule has 0 radical (unpaired) electrons. The van der Waals surface area contributed by atoms with Crippen molar-refractivity contribution in [3.05, 3.63) is 52.6 Å². The molecule has 2 aromatic rings. The van der Waals surface area contributed by atoms with Crippen LogP contribution in [0.25, 0.3) is 0 Å². The Balaban J connectivity index is 1.88.